The summed E-state index contributed by atoms with van der Waals surface area (Å²) >= 11 is 0. The highest BCUT2D eigenvalue weighted by molar-refractivity contribution is 5.82. The molecule has 8 heteroatoms. The van der Waals surface area contributed by atoms with Crippen LogP contribution < -0.4 is 15.0 Å². The van der Waals surface area contributed by atoms with E-state index in [1.807, 2.05) is 41.3 Å². The lowest BCUT2D eigenvalue weighted by atomic mass is 10.1. The molecule has 0 aliphatic carbocycles. The Labute approximate surface area is 160 Å². The van der Waals surface area contributed by atoms with Crippen LogP contribution in [0.1, 0.15) is 11.1 Å². The lowest BCUT2D eigenvalue weighted by Crippen LogP contribution is -2.18. The Morgan fingerprint density at radius 2 is 2.00 bits per heavy atom. The molecule has 2 aromatic carbocycles. The molecular weight excluding hydrogens is 359 g/mol. The van der Waals surface area contributed by atoms with Gasteiger partial charge in [-0.15, -0.1) is 0 Å². The van der Waals surface area contributed by atoms with Crippen LogP contribution in [-0.4, -0.2) is 27.3 Å². The van der Waals surface area contributed by atoms with Gasteiger partial charge >= 0.3 is 0 Å². The predicted octanol–water partition coefficient (Wildman–Crippen LogP) is 3.76. The number of nitrogens with zero attached hydrogens (tertiary/aromatic N) is 4. The maximum Gasteiger partial charge on any atom is 0.228 e. The van der Waals surface area contributed by atoms with E-state index in [2.05, 4.69) is 25.5 Å². The third kappa shape index (κ3) is 2.88. The van der Waals surface area contributed by atoms with Crippen LogP contribution in [0.4, 0.5) is 21.8 Å². The Morgan fingerprint density at radius 3 is 2.89 bits per heavy atom. The van der Waals surface area contributed by atoms with Crippen LogP contribution >= 0.6 is 0 Å². The molecule has 2 aromatic heterocycles. The molecule has 28 heavy (non-hydrogen) atoms. The Hall–Kier alpha value is -3.68. The topological polar surface area (TPSA) is 79.0 Å². The van der Waals surface area contributed by atoms with Gasteiger partial charge in [0, 0.05) is 24.2 Å². The van der Waals surface area contributed by atoms with Gasteiger partial charge in [0.15, 0.2) is 11.6 Å². The number of H-pyrrole nitrogens is 1. The number of benzene rings is 2. The molecule has 7 nitrogen and oxygen atoms in total. The maximum atomic E-state index is 14.3. The zero-order valence-electron chi connectivity index (χ0n) is 15.1. The van der Waals surface area contributed by atoms with E-state index < -0.39 is 5.82 Å². The van der Waals surface area contributed by atoms with Crippen molar-refractivity contribution in [1.29, 1.82) is 0 Å². The molecule has 5 rings (SSSR count). The number of halogens is 1. The van der Waals surface area contributed by atoms with E-state index in [1.165, 1.54) is 11.8 Å². The Morgan fingerprint density at radius 1 is 1.11 bits per heavy atom. The number of fused-ring (bicyclic) bond motifs is 2. The quantitative estimate of drug-likeness (QED) is 0.565. The van der Waals surface area contributed by atoms with Crippen LogP contribution in [0.3, 0.4) is 0 Å². The first-order valence-electron chi connectivity index (χ1n) is 8.83. The van der Waals surface area contributed by atoms with Gasteiger partial charge in [-0.2, -0.15) is 10.1 Å². The Bertz CT molecular complexity index is 1170. The molecule has 4 aromatic rings. The fourth-order valence-electron chi connectivity index (χ4n) is 3.39. The van der Waals surface area contributed by atoms with Gasteiger partial charge < -0.3 is 15.0 Å². The van der Waals surface area contributed by atoms with Gasteiger partial charge in [0.2, 0.25) is 5.95 Å². The second kappa shape index (κ2) is 6.49. The molecule has 0 fully saturated rings. The summed E-state index contributed by atoms with van der Waals surface area (Å²) in [6, 6.07) is 11.6. The molecule has 0 atom stereocenters. The third-order valence-corrected chi connectivity index (χ3v) is 4.85. The molecule has 0 saturated heterocycles. The van der Waals surface area contributed by atoms with Crippen molar-refractivity contribution in [2.75, 3.05) is 17.3 Å². The number of methoxy groups -OCH3 is 1. The zero-order chi connectivity index (χ0) is 19.1. The average Bonchev–Trinajstić information content (AvgIpc) is 3.35. The molecule has 2 N–H and O–H groups in total. The van der Waals surface area contributed by atoms with Crippen LogP contribution in [-0.2, 0) is 13.1 Å². The van der Waals surface area contributed by atoms with Crippen LogP contribution in [0.5, 0.6) is 5.75 Å². The second-order valence-corrected chi connectivity index (χ2v) is 6.65. The predicted molar refractivity (Wildman–Crippen MR) is 104 cm³/mol. The SMILES string of the molecule is COc1ccc2c(c1)CN(c1ncc(F)c(Nc3ccc4[nH]ncc4c3)n1)C2. The van der Waals surface area contributed by atoms with E-state index in [0.717, 1.165) is 27.9 Å². The summed E-state index contributed by atoms with van der Waals surface area (Å²) in [4.78, 5) is 10.6. The van der Waals surface area contributed by atoms with E-state index in [1.54, 1.807) is 13.3 Å². The van der Waals surface area contributed by atoms with E-state index in [-0.39, 0.29) is 5.82 Å². The number of aromatic nitrogens is 4. The van der Waals surface area contributed by atoms with Gasteiger partial charge in [-0.05, 0) is 41.5 Å². The Kier molecular flexibility index (Phi) is 3.82. The highest BCUT2D eigenvalue weighted by Crippen LogP contribution is 2.30. The van der Waals surface area contributed by atoms with Gasteiger partial charge in [-0.25, -0.2) is 9.37 Å². The molecule has 0 bridgehead atoms. The summed E-state index contributed by atoms with van der Waals surface area (Å²) < 4.78 is 19.6. The molecule has 0 saturated carbocycles. The molecule has 140 valence electrons. The van der Waals surface area contributed by atoms with Crippen LogP contribution in [0.25, 0.3) is 10.9 Å². The van der Waals surface area contributed by atoms with Gasteiger partial charge in [-0.3, -0.25) is 5.10 Å². The van der Waals surface area contributed by atoms with Crippen molar-refractivity contribution in [2.24, 2.45) is 0 Å². The highest BCUT2D eigenvalue weighted by atomic mass is 19.1. The number of hydrogen-bond donors (Lipinski definition) is 2. The van der Waals surface area contributed by atoms with E-state index in [0.29, 0.717) is 19.0 Å². The maximum absolute atomic E-state index is 14.3. The summed E-state index contributed by atoms with van der Waals surface area (Å²) in [6.45, 7) is 1.32. The number of aromatic amines is 1. The molecule has 0 radical (unpaired) electrons. The van der Waals surface area contributed by atoms with Gasteiger partial charge in [-0.1, -0.05) is 6.07 Å². The minimum atomic E-state index is -0.505. The minimum absolute atomic E-state index is 0.140. The lowest BCUT2D eigenvalue weighted by molar-refractivity contribution is 0.414. The van der Waals surface area contributed by atoms with Crippen molar-refractivity contribution in [2.45, 2.75) is 13.1 Å². The second-order valence-electron chi connectivity index (χ2n) is 6.65. The zero-order valence-corrected chi connectivity index (χ0v) is 15.1. The average molecular weight is 376 g/mol. The van der Waals surface area contributed by atoms with Crippen molar-refractivity contribution in [3.05, 3.63) is 65.7 Å². The summed E-state index contributed by atoms with van der Waals surface area (Å²) in [5, 5.41) is 10.9. The van der Waals surface area contributed by atoms with Crippen molar-refractivity contribution >= 4 is 28.4 Å². The number of rotatable bonds is 4. The molecule has 0 amide bonds. The molecule has 0 spiro atoms. The fraction of sp³-hybridized carbons (Fsp3) is 0.150. The van der Waals surface area contributed by atoms with E-state index in [4.69, 9.17) is 4.74 Å². The first kappa shape index (κ1) is 16.5. The summed E-state index contributed by atoms with van der Waals surface area (Å²) in [5.41, 5.74) is 3.99. The lowest BCUT2D eigenvalue weighted by Gasteiger charge is -2.16. The van der Waals surface area contributed by atoms with Crippen molar-refractivity contribution in [3.8, 4) is 5.75 Å². The monoisotopic (exact) mass is 376 g/mol. The van der Waals surface area contributed by atoms with Crippen LogP contribution in [0.2, 0.25) is 0 Å². The van der Waals surface area contributed by atoms with E-state index >= 15 is 0 Å². The van der Waals surface area contributed by atoms with Crippen molar-refractivity contribution in [3.63, 3.8) is 0 Å². The number of anilines is 3. The standard InChI is InChI=1S/C20H17FN6O/c1-28-16-4-2-12-10-27(11-14(12)7-16)20-22-9-17(21)19(25-20)24-15-3-5-18-13(6-15)8-23-26-18/h2-9H,10-11H2,1H3,(H,23,26)(H,22,24,25). The number of nitrogens with one attached hydrogen (secondary N) is 2. The van der Waals surface area contributed by atoms with Crippen LogP contribution in [0.15, 0.2) is 48.8 Å². The minimum Gasteiger partial charge on any atom is -0.497 e. The largest absolute Gasteiger partial charge is 0.497 e. The summed E-state index contributed by atoms with van der Waals surface area (Å²) in [6.07, 6.45) is 2.92. The number of ether oxygens (including phenoxy) is 1. The Balaban J connectivity index is 1.41. The van der Waals surface area contributed by atoms with E-state index in [9.17, 15) is 4.39 Å². The smallest absolute Gasteiger partial charge is 0.228 e. The van der Waals surface area contributed by atoms with Gasteiger partial charge in [0.1, 0.15) is 5.75 Å². The highest BCUT2D eigenvalue weighted by Gasteiger charge is 2.22. The third-order valence-electron chi connectivity index (χ3n) is 4.85. The molecular formula is C20H17FN6O. The first-order valence-corrected chi connectivity index (χ1v) is 8.83. The van der Waals surface area contributed by atoms with Crippen molar-refractivity contribution in [1.82, 2.24) is 20.2 Å². The molecule has 3 heterocycles. The molecule has 1 aliphatic heterocycles. The fourth-order valence-corrected chi connectivity index (χ4v) is 3.39. The van der Waals surface area contributed by atoms with Crippen molar-refractivity contribution < 1.29 is 9.13 Å². The molecule has 1 aliphatic rings. The summed E-state index contributed by atoms with van der Waals surface area (Å²) in [5.74, 6) is 0.928. The number of hydrogen-bond acceptors (Lipinski definition) is 6. The van der Waals surface area contributed by atoms with Crippen LogP contribution in [0, 0.1) is 5.82 Å². The first-order chi connectivity index (χ1) is 13.7. The summed E-state index contributed by atoms with van der Waals surface area (Å²) in [7, 11) is 1.65. The normalized spacial score (nSPS) is 13.0. The molecule has 0 unspecified atom stereocenters. The van der Waals surface area contributed by atoms with Gasteiger partial charge in [0.25, 0.3) is 0 Å². The van der Waals surface area contributed by atoms with Gasteiger partial charge in [0.05, 0.1) is 25.0 Å².